The molecule has 3 rings (SSSR count). The number of carbonyl (C=O) groups excluding carboxylic acids is 2. The minimum atomic E-state index is -3.57. The number of rotatable bonds is 10. The molecule has 1 aromatic carbocycles. The number of thioether (sulfide) groups is 1. The molecule has 0 aliphatic carbocycles. The number of hydrogen-bond acceptors (Lipinski definition) is 6. The molecular formula is C23H35N3O5S2. The van der Waals surface area contributed by atoms with Gasteiger partial charge >= 0.3 is 0 Å². The molecule has 10 heteroatoms. The topological polar surface area (TPSA) is 105 Å². The van der Waals surface area contributed by atoms with Gasteiger partial charge in [0, 0.05) is 32.2 Å². The van der Waals surface area contributed by atoms with Gasteiger partial charge in [0.1, 0.15) is 6.04 Å². The largest absolute Gasteiger partial charge is 0.376 e. The fraction of sp³-hybridized carbons (Fsp3) is 0.652. The molecule has 8 nitrogen and oxygen atoms in total. The van der Waals surface area contributed by atoms with Crippen molar-refractivity contribution in [2.24, 2.45) is 5.92 Å². The first-order valence-electron chi connectivity index (χ1n) is 11.6. The Balaban J connectivity index is 1.52. The molecule has 2 saturated heterocycles. The number of carbonyl (C=O) groups is 2. The van der Waals surface area contributed by atoms with Crippen LogP contribution in [0.2, 0.25) is 0 Å². The first kappa shape index (κ1) is 26.0. The number of piperidine rings is 1. The molecule has 184 valence electrons. The molecule has 0 spiro atoms. The van der Waals surface area contributed by atoms with Crippen molar-refractivity contribution in [3.05, 3.63) is 29.8 Å². The van der Waals surface area contributed by atoms with E-state index in [4.69, 9.17) is 4.74 Å². The summed E-state index contributed by atoms with van der Waals surface area (Å²) < 4.78 is 32.8. The highest BCUT2D eigenvalue weighted by Crippen LogP contribution is 2.24. The van der Waals surface area contributed by atoms with Crippen molar-refractivity contribution in [1.82, 2.24) is 14.9 Å². The molecule has 33 heavy (non-hydrogen) atoms. The molecule has 2 aliphatic rings. The van der Waals surface area contributed by atoms with Gasteiger partial charge < -0.3 is 15.4 Å². The number of nitrogens with zero attached hydrogens (tertiary/aromatic N) is 1. The van der Waals surface area contributed by atoms with Gasteiger partial charge in [-0.05, 0) is 63.2 Å². The Morgan fingerprint density at radius 1 is 1.18 bits per heavy atom. The van der Waals surface area contributed by atoms with Gasteiger partial charge in [-0.15, -0.1) is 0 Å². The van der Waals surface area contributed by atoms with Gasteiger partial charge in [-0.2, -0.15) is 16.1 Å². The van der Waals surface area contributed by atoms with Gasteiger partial charge in [0.05, 0.1) is 11.0 Å². The molecule has 0 aromatic heterocycles. The van der Waals surface area contributed by atoms with Crippen LogP contribution >= 0.6 is 11.8 Å². The molecule has 0 bridgehead atoms. The molecule has 2 atom stereocenters. The van der Waals surface area contributed by atoms with Crippen LogP contribution in [-0.2, 0) is 24.3 Å². The summed E-state index contributed by atoms with van der Waals surface area (Å²) in [4.78, 5) is 25.9. The predicted octanol–water partition coefficient (Wildman–Crippen LogP) is 1.93. The molecule has 2 heterocycles. The van der Waals surface area contributed by atoms with Gasteiger partial charge in [-0.3, -0.25) is 9.59 Å². The SMILES string of the molecule is CSCC[C@H](NC(=O)C1CCN(S(=O)(=O)c2ccc(C)cc2)CC1)C(=O)NC[C@H]1CCCO1. The van der Waals surface area contributed by atoms with E-state index in [0.717, 1.165) is 30.8 Å². The lowest BCUT2D eigenvalue weighted by Crippen LogP contribution is -2.51. The third kappa shape index (κ3) is 7.18. The standard InChI is InChI=1S/C23H35N3O5S2/c1-17-5-7-20(8-6-17)33(29,30)26-12-9-18(10-13-26)22(27)25-21(11-15-32-2)23(28)24-16-19-4-3-14-31-19/h5-8,18-19,21H,3-4,9-16H2,1-2H3,(H,24,28)(H,25,27)/t19-,21+/m1/s1. The minimum Gasteiger partial charge on any atom is -0.376 e. The Hall–Kier alpha value is -1.62. The van der Waals surface area contributed by atoms with Gasteiger partial charge in [0.25, 0.3) is 0 Å². The van der Waals surface area contributed by atoms with Crippen LogP contribution in [0.5, 0.6) is 0 Å². The lowest BCUT2D eigenvalue weighted by molar-refractivity contribution is -0.132. The van der Waals surface area contributed by atoms with E-state index in [1.807, 2.05) is 13.2 Å². The lowest BCUT2D eigenvalue weighted by atomic mass is 9.96. The van der Waals surface area contributed by atoms with Crippen molar-refractivity contribution in [1.29, 1.82) is 0 Å². The summed E-state index contributed by atoms with van der Waals surface area (Å²) in [7, 11) is -3.57. The van der Waals surface area contributed by atoms with Crippen LogP contribution in [0.4, 0.5) is 0 Å². The highest BCUT2D eigenvalue weighted by atomic mass is 32.2. The second kappa shape index (κ2) is 12.2. The molecule has 2 amide bonds. The van der Waals surface area contributed by atoms with Gasteiger partial charge in [-0.1, -0.05) is 17.7 Å². The molecule has 2 aliphatic heterocycles. The van der Waals surface area contributed by atoms with E-state index in [2.05, 4.69) is 10.6 Å². The van der Waals surface area contributed by atoms with Crippen molar-refractivity contribution >= 4 is 33.6 Å². The first-order valence-corrected chi connectivity index (χ1v) is 14.4. The van der Waals surface area contributed by atoms with Crippen LogP contribution in [0.25, 0.3) is 0 Å². The molecule has 2 fully saturated rings. The Morgan fingerprint density at radius 2 is 1.88 bits per heavy atom. The van der Waals surface area contributed by atoms with E-state index < -0.39 is 16.1 Å². The average molecular weight is 498 g/mol. The third-order valence-electron chi connectivity index (χ3n) is 6.26. The van der Waals surface area contributed by atoms with Crippen molar-refractivity contribution in [2.75, 3.05) is 38.2 Å². The number of aryl methyl sites for hydroxylation is 1. The van der Waals surface area contributed by atoms with E-state index in [1.54, 1.807) is 36.0 Å². The summed E-state index contributed by atoms with van der Waals surface area (Å²) >= 11 is 1.63. The number of hydrogen-bond donors (Lipinski definition) is 2. The summed E-state index contributed by atoms with van der Waals surface area (Å²) in [6.07, 6.45) is 5.37. The fourth-order valence-electron chi connectivity index (χ4n) is 4.15. The van der Waals surface area contributed by atoms with Gasteiger partial charge in [0.15, 0.2) is 0 Å². The Bertz CT molecular complexity index is 893. The maximum Gasteiger partial charge on any atom is 0.243 e. The fourth-order valence-corrected chi connectivity index (χ4v) is 6.10. The predicted molar refractivity (Wildman–Crippen MR) is 130 cm³/mol. The Kier molecular flexibility index (Phi) is 9.60. The molecule has 1 aromatic rings. The Labute approximate surface area is 201 Å². The smallest absolute Gasteiger partial charge is 0.243 e. The highest BCUT2D eigenvalue weighted by molar-refractivity contribution is 7.98. The molecule has 0 saturated carbocycles. The van der Waals surface area contributed by atoms with Crippen LogP contribution < -0.4 is 10.6 Å². The van der Waals surface area contributed by atoms with E-state index in [0.29, 0.717) is 25.8 Å². The van der Waals surface area contributed by atoms with Crippen LogP contribution in [0.1, 0.15) is 37.7 Å². The molecular weight excluding hydrogens is 462 g/mol. The van der Waals surface area contributed by atoms with E-state index in [9.17, 15) is 18.0 Å². The second-order valence-electron chi connectivity index (χ2n) is 8.71. The number of nitrogens with one attached hydrogen (secondary N) is 2. The number of amides is 2. The van der Waals surface area contributed by atoms with E-state index in [-0.39, 0.29) is 41.8 Å². The summed E-state index contributed by atoms with van der Waals surface area (Å²) in [6.45, 7) is 3.67. The van der Waals surface area contributed by atoms with Crippen LogP contribution in [0.15, 0.2) is 29.2 Å². The zero-order valence-electron chi connectivity index (χ0n) is 19.4. The minimum absolute atomic E-state index is 0.0469. The van der Waals surface area contributed by atoms with Crippen LogP contribution in [0.3, 0.4) is 0 Å². The maximum atomic E-state index is 12.9. The van der Waals surface area contributed by atoms with Gasteiger partial charge in [0.2, 0.25) is 21.8 Å². The quantitative estimate of drug-likeness (QED) is 0.512. The third-order valence-corrected chi connectivity index (χ3v) is 8.81. The summed E-state index contributed by atoms with van der Waals surface area (Å²) in [5.41, 5.74) is 1.00. The first-order chi connectivity index (χ1) is 15.8. The van der Waals surface area contributed by atoms with Crippen LogP contribution in [0, 0.1) is 12.8 Å². The summed E-state index contributed by atoms with van der Waals surface area (Å²) in [5, 5.41) is 5.83. The van der Waals surface area contributed by atoms with E-state index in [1.165, 1.54) is 4.31 Å². The zero-order chi connectivity index (χ0) is 23.8. The van der Waals surface area contributed by atoms with Crippen molar-refractivity contribution in [3.8, 4) is 0 Å². The molecule has 0 radical (unpaired) electrons. The maximum absolute atomic E-state index is 12.9. The Morgan fingerprint density at radius 3 is 2.48 bits per heavy atom. The van der Waals surface area contributed by atoms with Crippen molar-refractivity contribution in [2.45, 2.75) is 56.1 Å². The monoisotopic (exact) mass is 497 g/mol. The summed E-state index contributed by atoms with van der Waals surface area (Å²) in [6, 6.07) is 6.21. The van der Waals surface area contributed by atoms with E-state index >= 15 is 0 Å². The normalized spacial score (nSPS) is 21.0. The number of benzene rings is 1. The average Bonchev–Trinajstić information content (AvgIpc) is 3.34. The molecule has 2 N–H and O–H groups in total. The molecule has 0 unspecified atom stereocenters. The highest BCUT2D eigenvalue weighted by Gasteiger charge is 2.33. The van der Waals surface area contributed by atoms with Crippen molar-refractivity contribution < 1.29 is 22.7 Å². The number of ether oxygens (including phenoxy) is 1. The van der Waals surface area contributed by atoms with Crippen LogP contribution in [-0.4, -0.2) is 74.9 Å². The lowest BCUT2D eigenvalue weighted by Gasteiger charge is -2.31. The summed E-state index contributed by atoms with van der Waals surface area (Å²) in [5.74, 6) is 0.0798. The second-order valence-corrected chi connectivity index (χ2v) is 11.6. The van der Waals surface area contributed by atoms with Crippen molar-refractivity contribution in [3.63, 3.8) is 0 Å². The number of sulfonamides is 1. The van der Waals surface area contributed by atoms with Gasteiger partial charge in [-0.25, -0.2) is 8.42 Å². The zero-order valence-corrected chi connectivity index (χ0v) is 21.1.